The summed E-state index contributed by atoms with van der Waals surface area (Å²) in [7, 11) is 2.96. The van der Waals surface area contributed by atoms with Crippen molar-refractivity contribution in [1.82, 2.24) is 9.97 Å². The van der Waals surface area contributed by atoms with Gasteiger partial charge in [-0.15, -0.1) is 0 Å². The predicted molar refractivity (Wildman–Crippen MR) is 102 cm³/mol. The van der Waals surface area contributed by atoms with Gasteiger partial charge < -0.3 is 35.7 Å². The molecule has 2 rings (SSSR count). The number of aromatic nitrogens is 2. The van der Waals surface area contributed by atoms with E-state index in [2.05, 4.69) is 20.6 Å². The highest BCUT2D eigenvalue weighted by Gasteiger charge is 2.24. The minimum absolute atomic E-state index is 0.0834. The molecule has 0 radical (unpaired) electrons. The van der Waals surface area contributed by atoms with Gasteiger partial charge in [-0.3, -0.25) is 10.1 Å². The zero-order chi connectivity index (χ0) is 20.5. The maximum absolute atomic E-state index is 11.4. The fraction of sp³-hybridized carbons (Fsp3) is 0.375. The molecule has 5 N–H and O–H groups in total. The molecule has 0 saturated heterocycles. The van der Waals surface area contributed by atoms with Gasteiger partial charge in [0.2, 0.25) is 17.6 Å². The standard InChI is InChI=1S/C16H22N6O6/c1-26-10-3-4-12(27-2)11(9-10)19-15-13(22(24)25)14(17)20-16(21-15)18-5-7-28-8-6-23/h3-4,9,23H,5-8H2,1-2H3,(H4,17,18,19,20,21). The molecule has 0 amide bonds. The van der Waals surface area contributed by atoms with E-state index in [1.165, 1.54) is 14.2 Å². The average molecular weight is 394 g/mol. The summed E-state index contributed by atoms with van der Waals surface area (Å²) >= 11 is 0. The van der Waals surface area contributed by atoms with E-state index in [-0.39, 0.29) is 37.4 Å². The van der Waals surface area contributed by atoms with Crippen molar-refractivity contribution in [1.29, 1.82) is 0 Å². The molecule has 12 nitrogen and oxygen atoms in total. The average Bonchev–Trinajstić information content (AvgIpc) is 2.67. The van der Waals surface area contributed by atoms with Crippen molar-refractivity contribution in [2.75, 3.05) is 57.0 Å². The highest BCUT2D eigenvalue weighted by Crippen LogP contribution is 2.36. The van der Waals surface area contributed by atoms with Crippen LogP contribution in [0.25, 0.3) is 0 Å². The van der Waals surface area contributed by atoms with Gasteiger partial charge in [-0.1, -0.05) is 0 Å². The molecule has 0 unspecified atom stereocenters. The van der Waals surface area contributed by atoms with E-state index in [0.717, 1.165) is 0 Å². The van der Waals surface area contributed by atoms with Crippen LogP contribution >= 0.6 is 0 Å². The number of aliphatic hydroxyl groups is 1. The van der Waals surface area contributed by atoms with Gasteiger partial charge in [-0.2, -0.15) is 9.97 Å². The summed E-state index contributed by atoms with van der Waals surface area (Å²) in [6, 6.07) is 4.94. The first-order chi connectivity index (χ1) is 13.5. The molecule has 1 aromatic heterocycles. The second-order valence-electron chi connectivity index (χ2n) is 5.34. The topological polar surface area (TPSA) is 167 Å². The number of hydrogen-bond acceptors (Lipinski definition) is 11. The largest absolute Gasteiger partial charge is 0.497 e. The number of nitro groups is 1. The van der Waals surface area contributed by atoms with Crippen molar-refractivity contribution >= 4 is 29.0 Å². The number of nitrogens with zero attached hydrogens (tertiary/aromatic N) is 3. The highest BCUT2D eigenvalue weighted by molar-refractivity contribution is 5.77. The molecule has 28 heavy (non-hydrogen) atoms. The summed E-state index contributed by atoms with van der Waals surface area (Å²) in [4.78, 5) is 18.8. The molecular formula is C16H22N6O6. The molecule has 0 aliphatic heterocycles. The Balaban J connectivity index is 2.32. The quantitative estimate of drug-likeness (QED) is 0.245. The minimum atomic E-state index is -0.668. The zero-order valence-corrected chi connectivity index (χ0v) is 15.5. The molecule has 1 heterocycles. The van der Waals surface area contributed by atoms with Crippen LogP contribution < -0.4 is 25.8 Å². The van der Waals surface area contributed by atoms with Crippen LogP contribution in [-0.2, 0) is 4.74 Å². The Bertz CT molecular complexity index is 818. The summed E-state index contributed by atoms with van der Waals surface area (Å²) in [5.74, 6) is 0.623. The lowest BCUT2D eigenvalue weighted by Gasteiger charge is -2.14. The molecule has 0 aliphatic rings. The van der Waals surface area contributed by atoms with E-state index in [4.69, 9.17) is 25.1 Å². The molecule has 0 atom stereocenters. The Morgan fingerprint density at radius 2 is 2.04 bits per heavy atom. The van der Waals surface area contributed by atoms with Crippen LogP contribution in [-0.4, -0.2) is 60.6 Å². The maximum atomic E-state index is 11.4. The van der Waals surface area contributed by atoms with Crippen LogP contribution in [0.15, 0.2) is 18.2 Å². The molecular weight excluding hydrogens is 372 g/mol. The van der Waals surface area contributed by atoms with E-state index in [9.17, 15) is 10.1 Å². The molecule has 1 aromatic carbocycles. The molecule has 12 heteroatoms. The van der Waals surface area contributed by atoms with Crippen LogP contribution in [0, 0.1) is 10.1 Å². The normalized spacial score (nSPS) is 10.4. The summed E-state index contributed by atoms with van der Waals surface area (Å²) in [5.41, 5.74) is 5.70. The number of nitrogen functional groups attached to an aromatic ring is 1. The Labute approximate surface area is 160 Å². The summed E-state index contributed by atoms with van der Waals surface area (Å²) < 4.78 is 15.6. The van der Waals surface area contributed by atoms with Gasteiger partial charge in [0.15, 0.2) is 0 Å². The Hall–Kier alpha value is -3.38. The van der Waals surface area contributed by atoms with Crippen molar-refractivity contribution in [3.8, 4) is 11.5 Å². The number of benzene rings is 1. The lowest BCUT2D eigenvalue weighted by Crippen LogP contribution is -2.15. The molecule has 0 bridgehead atoms. The fourth-order valence-corrected chi connectivity index (χ4v) is 2.26. The van der Waals surface area contributed by atoms with Gasteiger partial charge in [-0.05, 0) is 12.1 Å². The summed E-state index contributed by atoms with van der Waals surface area (Å²) in [6.45, 7) is 0.719. The van der Waals surface area contributed by atoms with Crippen molar-refractivity contribution in [3.63, 3.8) is 0 Å². The second kappa shape index (κ2) is 10.1. The lowest BCUT2D eigenvalue weighted by atomic mass is 10.2. The number of hydrogen-bond donors (Lipinski definition) is 4. The van der Waals surface area contributed by atoms with Gasteiger partial charge in [0, 0.05) is 12.6 Å². The number of nitrogens with one attached hydrogen (secondary N) is 2. The van der Waals surface area contributed by atoms with Crippen molar-refractivity contribution in [2.24, 2.45) is 0 Å². The second-order valence-corrected chi connectivity index (χ2v) is 5.34. The fourth-order valence-electron chi connectivity index (χ4n) is 2.26. The Kier molecular flexibility index (Phi) is 7.54. The summed E-state index contributed by atoms with van der Waals surface area (Å²) in [5, 5.41) is 25.8. The van der Waals surface area contributed by atoms with Crippen LogP contribution in [0.5, 0.6) is 11.5 Å². The van der Waals surface area contributed by atoms with Crippen molar-refractivity contribution < 1.29 is 24.2 Å². The number of ether oxygens (including phenoxy) is 3. The van der Waals surface area contributed by atoms with E-state index >= 15 is 0 Å². The van der Waals surface area contributed by atoms with Crippen LogP contribution in [0.3, 0.4) is 0 Å². The van der Waals surface area contributed by atoms with Gasteiger partial charge in [0.1, 0.15) is 11.5 Å². The number of rotatable bonds is 11. The van der Waals surface area contributed by atoms with Gasteiger partial charge in [0.05, 0.1) is 44.7 Å². The smallest absolute Gasteiger partial charge is 0.353 e. The van der Waals surface area contributed by atoms with Crippen LogP contribution in [0.4, 0.5) is 29.0 Å². The third-order valence-corrected chi connectivity index (χ3v) is 3.52. The Morgan fingerprint density at radius 1 is 1.25 bits per heavy atom. The summed E-state index contributed by atoms with van der Waals surface area (Å²) in [6.07, 6.45) is 0. The van der Waals surface area contributed by atoms with E-state index in [1.54, 1.807) is 18.2 Å². The van der Waals surface area contributed by atoms with Gasteiger partial charge >= 0.3 is 5.69 Å². The van der Waals surface area contributed by atoms with Crippen molar-refractivity contribution in [3.05, 3.63) is 28.3 Å². The van der Waals surface area contributed by atoms with Crippen LogP contribution in [0.2, 0.25) is 0 Å². The SMILES string of the molecule is COc1ccc(OC)c(Nc2nc(NCCOCCO)nc(N)c2[N+](=O)[O-])c1. The molecule has 0 spiro atoms. The third-order valence-electron chi connectivity index (χ3n) is 3.52. The number of aliphatic hydroxyl groups excluding tert-OH is 1. The molecule has 2 aromatic rings. The van der Waals surface area contributed by atoms with E-state index in [1.807, 2.05) is 0 Å². The Morgan fingerprint density at radius 3 is 2.68 bits per heavy atom. The molecule has 0 saturated carbocycles. The zero-order valence-electron chi connectivity index (χ0n) is 15.5. The first kappa shape index (κ1) is 20.9. The van der Waals surface area contributed by atoms with E-state index < -0.39 is 10.6 Å². The van der Waals surface area contributed by atoms with Gasteiger partial charge in [-0.25, -0.2) is 0 Å². The first-order valence-electron chi connectivity index (χ1n) is 8.23. The van der Waals surface area contributed by atoms with E-state index in [0.29, 0.717) is 23.7 Å². The van der Waals surface area contributed by atoms with Crippen molar-refractivity contribution in [2.45, 2.75) is 0 Å². The lowest BCUT2D eigenvalue weighted by molar-refractivity contribution is -0.383. The highest BCUT2D eigenvalue weighted by atomic mass is 16.6. The number of anilines is 4. The number of nitrogens with two attached hydrogens (primary N) is 1. The molecule has 152 valence electrons. The first-order valence-corrected chi connectivity index (χ1v) is 8.23. The maximum Gasteiger partial charge on any atom is 0.353 e. The molecule has 0 fully saturated rings. The van der Waals surface area contributed by atoms with Gasteiger partial charge in [0.25, 0.3) is 0 Å². The predicted octanol–water partition coefficient (Wildman–Crippen LogP) is 1.15. The monoisotopic (exact) mass is 394 g/mol. The van der Waals surface area contributed by atoms with Crippen LogP contribution in [0.1, 0.15) is 0 Å². The third kappa shape index (κ3) is 5.31. The molecule has 0 aliphatic carbocycles. The number of methoxy groups -OCH3 is 2. The minimum Gasteiger partial charge on any atom is -0.497 e.